The monoisotopic (exact) mass is 293 g/mol. The molecule has 1 aliphatic heterocycles. The van der Waals surface area contributed by atoms with Crippen LogP contribution in [0, 0.1) is 5.92 Å². The van der Waals surface area contributed by atoms with Gasteiger partial charge in [0.05, 0.1) is 0 Å². The molecular weight excluding hydrogens is 270 g/mol. The summed E-state index contributed by atoms with van der Waals surface area (Å²) in [5.74, 6) is 1.49. The second-order valence-electron chi connectivity index (χ2n) is 5.33. The van der Waals surface area contributed by atoms with E-state index in [1.807, 2.05) is 12.1 Å². The summed E-state index contributed by atoms with van der Waals surface area (Å²) in [5, 5.41) is 20.5. The molecule has 2 rings (SSSR count). The van der Waals surface area contributed by atoms with Crippen molar-refractivity contribution in [3.63, 3.8) is 0 Å². The van der Waals surface area contributed by atoms with Crippen molar-refractivity contribution < 1.29 is 15.1 Å². The Labute approximate surface area is 124 Å². The summed E-state index contributed by atoms with van der Waals surface area (Å²) in [5.41, 5.74) is 6.16. The summed E-state index contributed by atoms with van der Waals surface area (Å²) < 4.78 is 5.70. The number of aliphatic hydroxyl groups excluding tert-OH is 1. The molecule has 6 heteroatoms. The summed E-state index contributed by atoms with van der Waals surface area (Å²) in [6.45, 7) is 3.93. The molecule has 21 heavy (non-hydrogen) atoms. The van der Waals surface area contributed by atoms with Gasteiger partial charge in [-0.3, -0.25) is 4.90 Å². The lowest BCUT2D eigenvalue weighted by atomic mass is 10.1. The molecule has 0 aromatic heterocycles. The molecular formula is C15H23N3O3. The van der Waals surface area contributed by atoms with Gasteiger partial charge in [0.2, 0.25) is 0 Å². The largest absolute Gasteiger partial charge is 0.492 e. The van der Waals surface area contributed by atoms with E-state index in [-0.39, 0.29) is 12.4 Å². The molecule has 0 spiro atoms. The topological polar surface area (TPSA) is 91.3 Å². The summed E-state index contributed by atoms with van der Waals surface area (Å²) in [4.78, 5) is 2.37. The number of hydrogen-bond acceptors (Lipinski definition) is 5. The van der Waals surface area contributed by atoms with Crippen LogP contribution >= 0.6 is 0 Å². The van der Waals surface area contributed by atoms with E-state index >= 15 is 0 Å². The number of hydrogen-bond donors (Lipinski definition) is 3. The molecule has 1 aromatic carbocycles. The van der Waals surface area contributed by atoms with Crippen LogP contribution in [0.3, 0.4) is 0 Å². The molecule has 1 aromatic rings. The molecule has 1 atom stereocenters. The van der Waals surface area contributed by atoms with Gasteiger partial charge in [-0.25, -0.2) is 0 Å². The molecule has 6 nitrogen and oxygen atoms in total. The van der Waals surface area contributed by atoms with Crippen molar-refractivity contribution in [3.05, 3.63) is 29.8 Å². The van der Waals surface area contributed by atoms with Gasteiger partial charge in [-0.1, -0.05) is 5.16 Å². The van der Waals surface area contributed by atoms with Crippen LogP contribution in [0.5, 0.6) is 5.75 Å². The highest BCUT2D eigenvalue weighted by Crippen LogP contribution is 2.19. The summed E-state index contributed by atoms with van der Waals surface area (Å²) in [6, 6.07) is 7.15. The smallest absolute Gasteiger partial charge is 0.170 e. The number of amidine groups is 1. The van der Waals surface area contributed by atoms with Gasteiger partial charge in [-0.2, -0.15) is 0 Å². The summed E-state index contributed by atoms with van der Waals surface area (Å²) in [7, 11) is 0. The van der Waals surface area contributed by atoms with Gasteiger partial charge in [0, 0.05) is 25.3 Å². The molecule has 0 saturated carbocycles. The molecule has 0 amide bonds. The van der Waals surface area contributed by atoms with Crippen LogP contribution in [0.1, 0.15) is 18.4 Å². The second kappa shape index (κ2) is 7.85. The molecule has 1 unspecified atom stereocenters. The SMILES string of the molecule is N/C(=N/O)c1ccc(OCCN2CCC(CCO)C2)cc1. The fourth-order valence-electron chi connectivity index (χ4n) is 2.61. The Hall–Kier alpha value is -1.79. The number of benzene rings is 1. The van der Waals surface area contributed by atoms with Crippen molar-refractivity contribution in [1.82, 2.24) is 4.90 Å². The van der Waals surface area contributed by atoms with Crippen LogP contribution in [0.4, 0.5) is 0 Å². The van der Waals surface area contributed by atoms with Crippen LogP contribution in [-0.4, -0.2) is 53.9 Å². The fraction of sp³-hybridized carbons (Fsp3) is 0.533. The first kappa shape index (κ1) is 15.6. The molecule has 0 radical (unpaired) electrons. The van der Waals surface area contributed by atoms with Crippen molar-refractivity contribution in [1.29, 1.82) is 0 Å². The molecule has 1 saturated heterocycles. The van der Waals surface area contributed by atoms with E-state index in [1.165, 1.54) is 0 Å². The van der Waals surface area contributed by atoms with Crippen LogP contribution < -0.4 is 10.5 Å². The average molecular weight is 293 g/mol. The zero-order chi connectivity index (χ0) is 15.1. The number of ether oxygens (including phenoxy) is 1. The van der Waals surface area contributed by atoms with Gasteiger partial charge < -0.3 is 20.8 Å². The molecule has 0 bridgehead atoms. The molecule has 0 aliphatic carbocycles. The molecule has 4 N–H and O–H groups in total. The van der Waals surface area contributed by atoms with E-state index in [0.717, 1.165) is 38.2 Å². The minimum atomic E-state index is 0.0912. The lowest BCUT2D eigenvalue weighted by Gasteiger charge is -2.16. The highest BCUT2D eigenvalue weighted by atomic mass is 16.5. The Morgan fingerprint density at radius 2 is 2.14 bits per heavy atom. The highest BCUT2D eigenvalue weighted by Gasteiger charge is 2.21. The van der Waals surface area contributed by atoms with Gasteiger partial charge in [-0.15, -0.1) is 0 Å². The highest BCUT2D eigenvalue weighted by molar-refractivity contribution is 5.97. The zero-order valence-electron chi connectivity index (χ0n) is 12.1. The first-order chi connectivity index (χ1) is 10.2. The van der Waals surface area contributed by atoms with Crippen LogP contribution in [0.15, 0.2) is 29.4 Å². The number of likely N-dealkylation sites (tertiary alicyclic amines) is 1. The first-order valence-corrected chi connectivity index (χ1v) is 7.27. The third-order valence-corrected chi connectivity index (χ3v) is 3.84. The van der Waals surface area contributed by atoms with E-state index in [9.17, 15) is 0 Å². The minimum Gasteiger partial charge on any atom is -0.492 e. The molecule has 1 aliphatic rings. The van der Waals surface area contributed by atoms with Crippen LogP contribution in [-0.2, 0) is 0 Å². The fourth-order valence-corrected chi connectivity index (χ4v) is 2.61. The van der Waals surface area contributed by atoms with E-state index < -0.39 is 0 Å². The second-order valence-corrected chi connectivity index (χ2v) is 5.33. The number of nitrogens with zero attached hydrogens (tertiary/aromatic N) is 2. The van der Waals surface area contributed by atoms with Gasteiger partial charge in [0.1, 0.15) is 12.4 Å². The van der Waals surface area contributed by atoms with Gasteiger partial charge in [-0.05, 0) is 49.6 Å². The Kier molecular flexibility index (Phi) is 5.83. The van der Waals surface area contributed by atoms with Crippen LogP contribution in [0.2, 0.25) is 0 Å². The Bertz CT molecular complexity index is 462. The van der Waals surface area contributed by atoms with E-state index in [1.54, 1.807) is 12.1 Å². The van der Waals surface area contributed by atoms with Crippen LogP contribution in [0.25, 0.3) is 0 Å². The van der Waals surface area contributed by atoms with E-state index in [4.69, 9.17) is 20.8 Å². The van der Waals surface area contributed by atoms with Gasteiger partial charge in [0.15, 0.2) is 5.84 Å². The maximum atomic E-state index is 8.94. The maximum Gasteiger partial charge on any atom is 0.170 e. The predicted molar refractivity (Wildman–Crippen MR) is 80.7 cm³/mol. The molecule has 116 valence electrons. The van der Waals surface area contributed by atoms with Crippen molar-refractivity contribution in [3.8, 4) is 5.75 Å². The van der Waals surface area contributed by atoms with E-state index in [2.05, 4.69) is 10.1 Å². The Balaban J connectivity index is 1.72. The van der Waals surface area contributed by atoms with Crippen molar-refractivity contribution in [2.45, 2.75) is 12.8 Å². The normalized spacial score (nSPS) is 19.9. The number of aliphatic hydroxyl groups is 1. The summed E-state index contributed by atoms with van der Waals surface area (Å²) >= 11 is 0. The Morgan fingerprint density at radius 1 is 1.38 bits per heavy atom. The number of nitrogens with two attached hydrogens (primary N) is 1. The van der Waals surface area contributed by atoms with Crippen molar-refractivity contribution in [2.24, 2.45) is 16.8 Å². The first-order valence-electron chi connectivity index (χ1n) is 7.27. The lowest BCUT2D eigenvalue weighted by Crippen LogP contribution is -2.26. The van der Waals surface area contributed by atoms with Gasteiger partial charge >= 0.3 is 0 Å². The standard InChI is InChI=1S/C15H23N3O3/c16-15(17-20)13-1-3-14(4-2-13)21-10-8-18-7-5-12(11-18)6-9-19/h1-4,12,19-20H,5-11H2,(H2,16,17). The van der Waals surface area contributed by atoms with Crippen molar-refractivity contribution in [2.75, 3.05) is 32.8 Å². The maximum absolute atomic E-state index is 8.94. The van der Waals surface area contributed by atoms with Crippen molar-refractivity contribution >= 4 is 5.84 Å². The number of rotatable bonds is 7. The predicted octanol–water partition coefficient (Wildman–Crippen LogP) is 0.864. The third-order valence-electron chi connectivity index (χ3n) is 3.84. The summed E-state index contributed by atoms with van der Waals surface area (Å²) in [6.07, 6.45) is 2.06. The third kappa shape index (κ3) is 4.61. The lowest BCUT2D eigenvalue weighted by molar-refractivity contribution is 0.222. The average Bonchev–Trinajstić information content (AvgIpc) is 2.95. The molecule has 1 fully saturated rings. The Morgan fingerprint density at radius 3 is 2.81 bits per heavy atom. The minimum absolute atomic E-state index is 0.0912. The molecule has 1 heterocycles. The zero-order valence-corrected chi connectivity index (χ0v) is 12.1. The number of oxime groups is 1. The van der Waals surface area contributed by atoms with Gasteiger partial charge in [0.25, 0.3) is 0 Å². The quantitative estimate of drug-likeness (QED) is 0.300. The van der Waals surface area contributed by atoms with E-state index in [0.29, 0.717) is 18.1 Å².